The highest BCUT2D eigenvalue weighted by Gasteiger charge is 2.18. The van der Waals surface area contributed by atoms with Crippen molar-refractivity contribution in [2.45, 2.75) is 6.61 Å². The van der Waals surface area contributed by atoms with Gasteiger partial charge < -0.3 is 18.9 Å². The fourth-order valence-electron chi connectivity index (χ4n) is 3.72. The molecule has 0 saturated heterocycles. The fraction of sp³-hybridized carbons (Fsp3) is 0.148. The molecule has 0 fully saturated rings. The predicted octanol–water partition coefficient (Wildman–Crippen LogP) is 3.97. The van der Waals surface area contributed by atoms with Crippen LogP contribution >= 0.6 is 11.3 Å². The molecule has 0 spiro atoms. The number of thiazole rings is 1. The first kappa shape index (κ1) is 23.4. The highest BCUT2D eigenvalue weighted by molar-refractivity contribution is 7.15. The number of hydrogen-bond acceptors (Lipinski definition) is 8. The van der Waals surface area contributed by atoms with Gasteiger partial charge in [0.1, 0.15) is 12.4 Å². The summed E-state index contributed by atoms with van der Waals surface area (Å²) in [4.78, 5) is 18.1. The zero-order valence-corrected chi connectivity index (χ0v) is 20.7. The van der Waals surface area contributed by atoms with Crippen molar-refractivity contribution < 1.29 is 18.9 Å². The maximum atomic E-state index is 13.0. The SMILES string of the molecule is COc1cc(-c2nc3sc(=Cc4ccc(OCc5ccccc5)cc4)c(=O)n3n2)cc(OC)c1OC. The fourth-order valence-corrected chi connectivity index (χ4v) is 4.63. The first-order valence-electron chi connectivity index (χ1n) is 11.1. The molecule has 0 saturated carbocycles. The lowest BCUT2D eigenvalue weighted by Crippen LogP contribution is -2.23. The molecule has 9 heteroatoms. The van der Waals surface area contributed by atoms with E-state index in [2.05, 4.69) is 10.1 Å². The molecule has 0 aliphatic carbocycles. The lowest BCUT2D eigenvalue weighted by molar-refractivity contribution is 0.306. The van der Waals surface area contributed by atoms with Crippen molar-refractivity contribution in [1.82, 2.24) is 14.6 Å². The monoisotopic (exact) mass is 501 g/mol. The number of rotatable bonds is 8. The van der Waals surface area contributed by atoms with E-state index in [0.29, 0.717) is 44.7 Å². The van der Waals surface area contributed by atoms with E-state index in [1.54, 1.807) is 26.4 Å². The molecule has 8 nitrogen and oxygen atoms in total. The Kier molecular flexibility index (Phi) is 6.55. The van der Waals surface area contributed by atoms with Crippen LogP contribution in [0.2, 0.25) is 0 Å². The molecular formula is C27H23N3O5S. The van der Waals surface area contributed by atoms with E-state index in [4.69, 9.17) is 18.9 Å². The maximum absolute atomic E-state index is 13.0. The van der Waals surface area contributed by atoms with Crippen molar-refractivity contribution in [3.63, 3.8) is 0 Å². The van der Waals surface area contributed by atoms with Gasteiger partial charge in [-0.3, -0.25) is 4.79 Å². The summed E-state index contributed by atoms with van der Waals surface area (Å²) in [5.74, 6) is 2.60. The summed E-state index contributed by atoms with van der Waals surface area (Å²) in [6.45, 7) is 0.497. The van der Waals surface area contributed by atoms with E-state index in [9.17, 15) is 4.79 Å². The molecule has 0 bridgehead atoms. The molecule has 5 aromatic rings. The number of methoxy groups -OCH3 is 3. The number of aromatic nitrogens is 3. The molecule has 182 valence electrons. The van der Waals surface area contributed by atoms with Crippen LogP contribution in [0.1, 0.15) is 11.1 Å². The number of ether oxygens (including phenoxy) is 4. The van der Waals surface area contributed by atoms with Gasteiger partial charge in [0.25, 0.3) is 5.56 Å². The summed E-state index contributed by atoms with van der Waals surface area (Å²) in [7, 11) is 4.62. The average molecular weight is 502 g/mol. The third-order valence-electron chi connectivity index (χ3n) is 5.53. The smallest absolute Gasteiger partial charge is 0.291 e. The number of hydrogen-bond donors (Lipinski definition) is 0. The third-order valence-corrected chi connectivity index (χ3v) is 6.49. The second-order valence-corrected chi connectivity index (χ2v) is 8.81. The van der Waals surface area contributed by atoms with Gasteiger partial charge in [-0.1, -0.05) is 53.8 Å². The van der Waals surface area contributed by atoms with Crippen LogP contribution in [0.5, 0.6) is 23.0 Å². The minimum atomic E-state index is -0.231. The lowest BCUT2D eigenvalue weighted by Gasteiger charge is -2.12. The quantitative estimate of drug-likeness (QED) is 0.318. The van der Waals surface area contributed by atoms with Crippen LogP contribution in [0.25, 0.3) is 22.4 Å². The Balaban J connectivity index is 1.40. The van der Waals surface area contributed by atoms with E-state index in [-0.39, 0.29) is 5.56 Å². The Morgan fingerprint density at radius 1 is 0.917 bits per heavy atom. The molecule has 0 N–H and O–H groups in total. The van der Waals surface area contributed by atoms with Gasteiger partial charge in [-0.15, -0.1) is 5.10 Å². The Morgan fingerprint density at radius 3 is 2.22 bits per heavy atom. The van der Waals surface area contributed by atoms with E-state index in [1.807, 2.05) is 60.7 Å². The maximum Gasteiger partial charge on any atom is 0.291 e. The molecular weight excluding hydrogens is 478 g/mol. The van der Waals surface area contributed by atoms with Crippen LogP contribution in [-0.4, -0.2) is 35.9 Å². The minimum Gasteiger partial charge on any atom is -0.493 e. The average Bonchev–Trinajstić information content (AvgIpc) is 3.47. The molecule has 0 amide bonds. The molecule has 3 aromatic carbocycles. The van der Waals surface area contributed by atoms with Crippen molar-refractivity contribution in [2.75, 3.05) is 21.3 Å². The molecule has 0 aliphatic rings. The molecule has 2 aromatic heterocycles. The van der Waals surface area contributed by atoms with Crippen LogP contribution in [0.15, 0.2) is 71.5 Å². The van der Waals surface area contributed by atoms with Gasteiger partial charge in [-0.2, -0.15) is 9.50 Å². The van der Waals surface area contributed by atoms with Crippen molar-refractivity contribution in [3.05, 3.63) is 92.7 Å². The zero-order valence-electron chi connectivity index (χ0n) is 19.9. The Bertz CT molecular complexity index is 1590. The molecule has 0 unspecified atom stereocenters. The first-order valence-corrected chi connectivity index (χ1v) is 11.9. The van der Waals surface area contributed by atoms with Gasteiger partial charge in [-0.05, 0) is 41.5 Å². The van der Waals surface area contributed by atoms with Crippen molar-refractivity contribution >= 4 is 22.4 Å². The van der Waals surface area contributed by atoms with E-state index in [0.717, 1.165) is 16.9 Å². The summed E-state index contributed by atoms with van der Waals surface area (Å²) in [6, 6.07) is 21.1. The number of benzene rings is 3. The summed E-state index contributed by atoms with van der Waals surface area (Å²) >= 11 is 1.28. The Labute approximate surface area is 211 Å². The van der Waals surface area contributed by atoms with E-state index < -0.39 is 0 Å². The van der Waals surface area contributed by atoms with Gasteiger partial charge >= 0.3 is 0 Å². The number of fused-ring (bicyclic) bond motifs is 1. The van der Waals surface area contributed by atoms with Crippen LogP contribution in [-0.2, 0) is 6.61 Å². The van der Waals surface area contributed by atoms with Gasteiger partial charge in [0.2, 0.25) is 10.7 Å². The Morgan fingerprint density at radius 2 is 1.61 bits per heavy atom. The topological polar surface area (TPSA) is 84.2 Å². The largest absolute Gasteiger partial charge is 0.493 e. The first-order chi connectivity index (χ1) is 17.6. The molecule has 0 atom stereocenters. The highest BCUT2D eigenvalue weighted by Crippen LogP contribution is 2.40. The molecule has 0 radical (unpaired) electrons. The molecule has 36 heavy (non-hydrogen) atoms. The van der Waals surface area contributed by atoms with E-state index >= 15 is 0 Å². The van der Waals surface area contributed by atoms with Crippen LogP contribution in [0.4, 0.5) is 0 Å². The minimum absolute atomic E-state index is 0.231. The summed E-state index contributed by atoms with van der Waals surface area (Å²) in [5.41, 5.74) is 2.40. The van der Waals surface area contributed by atoms with E-state index in [1.165, 1.54) is 23.0 Å². The van der Waals surface area contributed by atoms with Crippen LogP contribution in [0.3, 0.4) is 0 Å². The standard InChI is InChI=1S/C27H23N3O5S/c1-32-21-14-19(15-22(33-2)24(21)34-3)25-28-27-30(29-25)26(31)23(36-27)13-17-9-11-20(12-10-17)35-16-18-7-5-4-6-8-18/h4-15H,16H2,1-3H3. The second-order valence-electron chi connectivity index (χ2n) is 7.80. The zero-order chi connectivity index (χ0) is 25.1. The predicted molar refractivity (Wildman–Crippen MR) is 138 cm³/mol. The summed E-state index contributed by atoms with van der Waals surface area (Å²) in [5, 5.41) is 4.43. The summed E-state index contributed by atoms with van der Waals surface area (Å²) < 4.78 is 23.9. The normalized spacial score (nSPS) is 11.6. The molecule has 5 rings (SSSR count). The number of nitrogens with zero attached hydrogens (tertiary/aromatic N) is 3. The van der Waals surface area contributed by atoms with Crippen LogP contribution in [0, 0.1) is 0 Å². The van der Waals surface area contributed by atoms with Gasteiger partial charge in [0, 0.05) is 5.56 Å². The Hall–Kier alpha value is -4.37. The highest BCUT2D eigenvalue weighted by atomic mass is 32.1. The molecule has 0 aliphatic heterocycles. The third kappa shape index (κ3) is 4.60. The second kappa shape index (κ2) is 10.1. The van der Waals surface area contributed by atoms with Gasteiger partial charge in [0.05, 0.1) is 25.9 Å². The van der Waals surface area contributed by atoms with Crippen molar-refractivity contribution in [3.8, 4) is 34.4 Å². The van der Waals surface area contributed by atoms with Crippen molar-refractivity contribution in [1.29, 1.82) is 0 Å². The van der Waals surface area contributed by atoms with Gasteiger partial charge in [-0.25, -0.2) is 0 Å². The summed E-state index contributed by atoms with van der Waals surface area (Å²) in [6.07, 6.45) is 1.82. The molecule has 2 heterocycles. The van der Waals surface area contributed by atoms with Gasteiger partial charge in [0.15, 0.2) is 17.3 Å². The van der Waals surface area contributed by atoms with Crippen molar-refractivity contribution in [2.24, 2.45) is 0 Å². The van der Waals surface area contributed by atoms with Crippen LogP contribution < -0.4 is 29.0 Å². The lowest BCUT2D eigenvalue weighted by atomic mass is 10.1.